The van der Waals surface area contributed by atoms with Crippen molar-refractivity contribution < 1.29 is 19.0 Å². The molecule has 0 radical (unpaired) electrons. The second kappa shape index (κ2) is 10.1. The Balaban J connectivity index is 1.45. The molecule has 4 rings (SSSR count). The number of carboxylic acid groups (broad SMARTS) is 1. The summed E-state index contributed by atoms with van der Waals surface area (Å²) in [7, 11) is 1.48. The third-order valence-electron chi connectivity index (χ3n) is 5.97. The number of ether oxygens (including phenoxy) is 1. The van der Waals surface area contributed by atoms with E-state index < -0.39 is 5.97 Å². The van der Waals surface area contributed by atoms with Crippen molar-refractivity contribution >= 4 is 23.6 Å². The molecule has 0 bridgehead atoms. The largest absolute Gasteiger partial charge is 0.495 e. The Morgan fingerprint density at radius 2 is 1.78 bits per heavy atom. The van der Waals surface area contributed by atoms with Crippen LogP contribution in [0.3, 0.4) is 0 Å². The van der Waals surface area contributed by atoms with Crippen molar-refractivity contribution in [2.45, 2.75) is 42.9 Å². The fraction of sp³-hybridized carbons (Fsp3) is 0.269. The van der Waals surface area contributed by atoms with Crippen LogP contribution in [0.4, 0.5) is 10.1 Å². The first-order valence-electron chi connectivity index (χ1n) is 10.8. The van der Waals surface area contributed by atoms with Crippen LogP contribution in [0.2, 0.25) is 0 Å². The molecule has 6 heteroatoms. The number of hydrogen-bond acceptors (Lipinski definition) is 4. The zero-order valence-corrected chi connectivity index (χ0v) is 18.8. The Labute approximate surface area is 192 Å². The maximum atomic E-state index is 14.9. The van der Waals surface area contributed by atoms with Crippen LogP contribution in [0.5, 0.6) is 5.75 Å². The number of nitrogens with one attached hydrogen (secondary N) is 1. The van der Waals surface area contributed by atoms with Crippen molar-refractivity contribution in [1.29, 1.82) is 0 Å². The molecule has 0 amide bonds. The summed E-state index contributed by atoms with van der Waals surface area (Å²) in [6.45, 7) is 0. The van der Waals surface area contributed by atoms with E-state index in [4.69, 9.17) is 9.84 Å². The van der Waals surface area contributed by atoms with Crippen molar-refractivity contribution in [2.24, 2.45) is 0 Å². The van der Waals surface area contributed by atoms with Crippen LogP contribution in [-0.2, 0) is 0 Å². The number of carbonyl (C=O) groups is 1. The molecular formula is C26H26FNO3S. The molecule has 0 saturated heterocycles. The Morgan fingerprint density at radius 3 is 2.44 bits per heavy atom. The van der Waals surface area contributed by atoms with E-state index in [1.807, 2.05) is 18.2 Å². The van der Waals surface area contributed by atoms with Crippen LogP contribution in [0, 0.1) is 5.82 Å². The van der Waals surface area contributed by atoms with Crippen LogP contribution in [0.25, 0.3) is 11.1 Å². The zero-order chi connectivity index (χ0) is 22.5. The molecule has 0 heterocycles. The summed E-state index contributed by atoms with van der Waals surface area (Å²) in [5.41, 5.74) is 3.56. The number of halogens is 1. The SMILES string of the molecule is COc1cc(C(=O)O)ccc1NSc1ccc(-c2ccc(C3CCCCC3)cc2)c(F)c1. The van der Waals surface area contributed by atoms with Gasteiger partial charge in [-0.25, -0.2) is 9.18 Å². The van der Waals surface area contributed by atoms with Gasteiger partial charge in [0.05, 0.1) is 18.4 Å². The van der Waals surface area contributed by atoms with Gasteiger partial charge < -0.3 is 14.6 Å². The van der Waals surface area contributed by atoms with Crippen LogP contribution in [0.1, 0.15) is 53.9 Å². The van der Waals surface area contributed by atoms with Gasteiger partial charge in [-0.3, -0.25) is 0 Å². The van der Waals surface area contributed by atoms with E-state index in [0.717, 1.165) is 5.56 Å². The molecule has 166 valence electrons. The first-order chi connectivity index (χ1) is 15.5. The van der Waals surface area contributed by atoms with Gasteiger partial charge in [-0.15, -0.1) is 0 Å². The Kier molecular flexibility index (Phi) is 7.00. The number of rotatable bonds is 7. The van der Waals surface area contributed by atoms with Gasteiger partial charge >= 0.3 is 5.97 Å². The van der Waals surface area contributed by atoms with Crippen molar-refractivity contribution in [3.63, 3.8) is 0 Å². The molecule has 1 saturated carbocycles. The molecule has 1 aliphatic carbocycles. The lowest BCUT2D eigenvalue weighted by molar-refractivity contribution is 0.0696. The molecule has 0 aliphatic heterocycles. The normalized spacial score (nSPS) is 14.2. The van der Waals surface area contributed by atoms with E-state index >= 15 is 0 Å². The van der Waals surface area contributed by atoms with Crippen LogP contribution >= 0.6 is 11.9 Å². The highest BCUT2D eigenvalue weighted by molar-refractivity contribution is 8.00. The molecule has 4 nitrogen and oxygen atoms in total. The fourth-order valence-electron chi connectivity index (χ4n) is 4.19. The van der Waals surface area contributed by atoms with E-state index in [-0.39, 0.29) is 11.4 Å². The summed E-state index contributed by atoms with van der Waals surface area (Å²) >= 11 is 1.24. The van der Waals surface area contributed by atoms with Gasteiger partial charge in [0.15, 0.2) is 0 Å². The fourth-order valence-corrected chi connectivity index (χ4v) is 4.88. The third kappa shape index (κ3) is 5.07. The van der Waals surface area contributed by atoms with Crippen molar-refractivity contribution in [3.8, 4) is 16.9 Å². The highest BCUT2D eigenvalue weighted by atomic mass is 32.2. The van der Waals surface area contributed by atoms with Gasteiger partial charge in [0.1, 0.15) is 11.6 Å². The van der Waals surface area contributed by atoms with Crippen LogP contribution in [-0.4, -0.2) is 18.2 Å². The number of hydrogen-bond donors (Lipinski definition) is 2. The third-order valence-corrected chi connectivity index (χ3v) is 6.78. The number of aromatic carboxylic acids is 1. The summed E-state index contributed by atoms with van der Waals surface area (Å²) < 4.78 is 23.2. The summed E-state index contributed by atoms with van der Waals surface area (Å²) in [6, 6.07) is 18.0. The molecular weight excluding hydrogens is 425 g/mol. The summed E-state index contributed by atoms with van der Waals surface area (Å²) in [4.78, 5) is 11.8. The van der Waals surface area contributed by atoms with Gasteiger partial charge in [0, 0.05) is 10.5 Å². The first-order valence-corrected chi connectivity index (χ1v) is 11.6. The molecule has 0 unspecified atom stereocenters. The van der Waals surface area contributed by atoms with Gasteiger partial charge in [-0.1, -0.05) is 49.6 Å². The maximum absolute atomic E-state index is 14.9. The minimum atomic E-state index is -1.02. The van der Waals surface area contributed by atoms with Crippen LogP contribution < -0.4 is 9.46 Å². The van der Waals surface area contributed by atoms with Gasteiger partial charge in [0.2, 0.25) is 0 Å². The lowest BCUT2D eigenvalue weighted by atomic mass is 9.84. The maximum Gasteiger partial charge on any atom is 0.335 e. The molecule has 0 spiro atoms. The van der Waals surface area contributed by atoms with E-state index in [9.17, 15) is 9.18 Å². The molecule has 0 aromatic heterocycles. The predicted molar refractivity (Wildman–Crippen MR) is 127 cm³/mol. The Bertz CT molecular complexity index is 1090. The Morgan fingerprint density at radius 1 is 1.03 bits per heavy atom. The van der Waals surface area contributed by atoms with Gasteiger partial charge in [-0.2, -0.15) is 0 Å². The molecule has 1 aliphatic rings. The highest BCUT2D eigenvalue weighted by Gasteiger charge is 2.16. The number of benzene rings is 3. The molecule has 1 fully saturated rings. The minimum absolute atomic E-state index is 0.141. The predicted octanol–water partition coefficient (Wildman–Crippen LogP) is 7.37. The Hall–Kier alpha value is -2.99. The average Bonchev–Trinajstić information content (AvgIpc) is 2.83. The molecule has 3 aromatic carbocycles. The monoisotopic (exact) mass is 451 g/mol. The highest BCUT2D eigenvalue weighted by Crippen LogP contribution is 2.35. The van der Waals surface area contributed by atoms with Gasteiger partial charge in [0.25, 0.3) is 0 Å². The quantitative estimate of drug-likeness (QED) is 0.367. The summed E-state index contributed by atoms with van der Waals surface area (Å²) in [5.74, 6) is -0.260. The number of carboxylic acids is 1. The molecule has 2 N–H and O–H groups in total. The topological polar surface area (TPSA) is 58.6 Å². The molecule has 32 heavy (non-hydrogen) atoms. The van der Waals surface area contributed by atoms with Crippen LogP contribution in [0.15, 0.2) is 65.6 Å². The van der Waals surface area contributed by atoms with Crippen molar-refractivity contribution in [2.75, 3.05) is 11.8 Å². The number of methoxy groups -OCH3 is 1. The minimum Gasteiger partial charge on any atom is -0.495 e. The molecule has 3 aromatic rings. The van der Waals surface area contributed by atoms with Crippen molar-refractivity contribution in [3.05, 3.63) is 77.6 Å². The second-order valence-electron chi connectivity index (χ2n) is 8.02. The lowest BCUT2D eigenvalue weighted by Gasteiger charge is -2.22. The average molecular weight is 452 g/mol. The van der Waals surface area contributed by atoms with Crippen molar-refractivity contribution in [1.82, 2.24) is 0 Å². The van der Waals surface area contributed by atoms with Gasteiger partial charge in [-0.05, 0) is 72.2 Å². The van der Waals surface area contributed by atoms with E-state index in [1.54, 1.807) is 12.1 Å². The summed E-state index contributed by atoms with van der Waals surface area (Å²) in [6.07, 6.45) is 6.42. The smallest absolute Gasteiger partial charge is 0.335 e. The standard InChI is InChI=1S/C26H26FNO3S/c1-31-25-15-20(26(29)30)11-14-24(25)28-32-21-12-13-22(23(27)16-21)19-9-7-18(8-10-19)17-5-3-2-4-6-17/h7-17,28H,2-6H2,1H3,(H,29,30). The number of anilines is 1. The zero-order valence-electron chi connectivity index (χ0n) is 17.9. The van der Waals surface area contributed by atoms with E-state index in [1.165, 1.54) is 74.9 Å². The summed E-state index contributed by atoms with van der Waals surface area (Å²) in [5, 5.41) is 9.11. The van der Waals surface area contributed by atoms with E-state index in [0.29, 0.717) is 27.8 Å². The second-order valence-corrected chi connectivity index (χ2v) is 8.90. The lowest BCUT2D eigenvalue weighted by Crippen LogP contribution is -2.04. The molecule has 0 atom stereocenters. The first kappa shape index (κ1) is 22.2. The van der Waals surface area contributed by atoms with E-state index in [2.05, 4.69) is 16.9 Å².